The fourth-order valence-corrected chi connectivity index (χ4v) is 3.10. The summed E-state index contributed by atoms with van der Waals surface area (Å²) < 4.78 is 3.76. The number of carbonyl (C=O) groups excluding carboxylic acids is 1. The lowest BCUT2D eigenvalue weighted by Gasteiger charge is -2.33. The van der Waals surface area contributed by atoms with Gasteiger partial charge in [0.25, 0.3) is 0 Å². The van der Waals surface area contributed by atoms with Gasteiger partial charge in [-0.2, -0.15) is 10.2 Å². The van der Waals surface area contributed by atoms with Crippen molar-refractivity contribution in [2.75, 3.05) is 6.54 Å². The van der Waals surface area contributed by atoms with Crippen molar-refractivity contribution in [2.45, 2.75) is 45.9 Å². The minimum Gasteiger partial charge on any atom is -0.352 e. The maximum Gasteiger partial charge on any atom is 0.246 e. The third-order valence-corrected chi connectivity index (χ3v) is 4.08. The van der Waals surface area contributed by atoms with Crippen molar-refractivity contribution in [3.05, 3.63) is 35.4 Å². The van der Waals surface area contributed by atoms with Crippen molar-refractivity contribution in [3.8, 4) is 0 Å². The first-order valence-corrected chi connectivity index (χ1v) is 7.98. The molecule has 2 aromatic heterocycles. The summed E-state index contributed by atoms with van der Waals surface area (Å²) in [7, 11) is 1.96. The summed E-state index contributed by atoms with van der Waals surface area (Å²) in [4.78, 5) is 14.8. The molecule has 0 aliphatic carbocycles. The largest absolute Gasteiger partial charge is 0.352 e. The Hall–Kier alpha value is -2.15. The Labute approximate surface area is 136 Å². The van der Waals surface area contributed by atoms with Gasteiger partial charge in [0.2, 0.25) is 5.91 Å². The molecule has 0 bridgehead atoms. The van der Waals surface area contributed by atoms with Crippen molar-refractivity contribution in [1.82, 2.24) is 29.8 Å². The highest BCUT2D eigenvalue weighted by atomic mass is 16.2. The molecule has 124 valence electrons. The van der Waals surface area contributed by atoms with Gasteiger partial charge in [-0.1, -0.05) is 0 Å². The second-order valence-corrected chi connectivity index (χ2v) is 6.52. The van der Waals surface area contributed by atoms with Crippen LogP contribution in [0.3, 0.4) is 0 Å². The number of amides is 1. The van der Waals surface area contributed by atoms with E-state index in [1.807, 2.05) is 43.2 Å². The number of rotatable bonds is 4. The van der Waals surface area contributed by atoms with Gasteiger partial charge >= 0.3 is 0 Å². The van der Waals surface area contributed by atoms with E-state index < -0.39 is 0 Å². The molecule has 1 amide bonds. The highest BCUT2D eigenvalue weighted by molar-refractivity contribution is 5.80. The van der Waals surface area contributed by atoms with E-state index in [0.717, 1.165) is 30.2 Å². The molecule has 1 N–H and O–H groups in total. The van der Waals surface area contributed by atoms with Gasteiger partial charge in [-0.05, 0) is 32.9 Å². The van der Waals surface area contributed by atoms with Gasteiger partial charge in [0, 0.05) is 38.9 Å². The lowest BCUT2D eigenvalue weighted by Crippen LogP contribution is -2.46. The van der Waals surface area contributed by atoms with Crippen LogP contribution in [0.2, 0.25) is 0 Å². The molecule has 0 saturated heterocycles. The molecule has 1 aliphatic heterocycles. The molecule has 0 saturated carbocycles. The number of nitrogens with one attached hydrogen (secondary N) is 1. The third-order valence-electron chi connectivity index (χ3n) is 4.08. The predicted octanol–water partition coefficient (Wildman–Crippen LogP) is 1.01. The maximum atomic E-state index is 12.5. The second kappa shape index (κ2) is 6.16. The zero-order chi connectivity index (χ0) is 16.6. The molecule has 0 fully saturated rings. The summed E-state index contributed by atoms with van der Waals surface area (Å²) in [5.74, 6) is 0.0239. The molecule has 0 radical (unpaired) electrons. The van der Waals surface area contributed by atoms with E-state index in [0.29, 0.717) is 6.54 Å². The number of nitrogens with zero attached hydrogens (tertiary/aromatic N) is 5. The fourth-order valence-electron chi connectivity index (χ4n) is 3.10. The van der Waals surface area contributed by atoms with Crippen molar-refractivity contribution in [3.63, 3.8) is 0 Å². The summed E-state index contributed by atoms with van der Waals surface area (Å²) in [6.45, 7) is 8.15. The van der Waals surface area contributed by atoms with Crippen LogP contribution < -0.4 is 5.32 Å². The Morgan fingerprint density at radius 2 is 2.26 bits per heavy atom. The van der Waals surface area contributed by atoms with Gasteiger partial charge in [-0.15, -0.1) is 0 Å². The Bertz CT molecular complexity index is 701. The molecule has 0 unspecified atom stereocenters. The lowest BCUT2D eigenvalue weighted by molar-refractivity contribution is -0.126. The van der Waals surface area contributed by atoms with Crippen LogP contribution in [0.15, 0.2) is 18.3 Å². The van der Waals surface area contributed by atoms with Crippen LogP contribution in [0.4, 0.5) is 0 Å². The Kier molecular flexibility index (Phi) is 4.21. The molecule has 7 nitrogen and oxygen atoms in total. The quantitative estimate of drug-likeness (QED) is 0.914. The molecule has 3 rings (SSSR count). The highest BCUT2D eigenvalue weighted by Gasteiger charge is 2.31. The molecule has 0 spiro atoms. The first-order valence-electron chi connectivity index (χ1n) is 7.98. The number of hydrogen-bond donors (Lipinski definition) is 1. The van der Waals surface area contributed by atoms with Gasteiger partial charge in [0.05, 0.1) is 17.1 Å². The van der Waals surface area contributed by atoms with E-state index in [-0.39, 0.29) is 18.0 Å². The van der Waals surface area contributed by atoms with E-state index in [2.05, 4.69) is 26.5 Å². The van der Waals surface area contributed by atoms with E-state index in [4.69, 9.17) is 0 Å². The summed E-state index contributed by atoms with van der Waals surface area (Å²) >= 11 is 0. The summed E-state index contributed by atoms with van der Waals surface area (Å²) in [5, 5.41) is 11.7. The predicted molar refractivity (Wildman–Crippen MR) is 86.6 cm³/mol. The molecule has 2 aromatic rings. The minimum absolute atomic E-state index is 0.0239. The molecule has 1 atom stereocenters. The van der Waals surface area contributed by atoms with Gasteiger partial charge in [0.15, 0.2) is 0 Å². The topological polar surface area (TPSA) is 68.0 Å². The van der Waals surface area contributed by atoms with E-state index >= 15 is 0 Å². The smallest absolute Gasteiger partial charge is 0.246 e. The molecule has 3 heterocycles. The zero-order valence-corrected chi connectivity index (χ0v) is 14.2. The molecule has 0 aromatic carbocycles. The van der Waals surface area contributed by atoms with Crippen molar-refractivity contribution < 1.29 is 4.79 Å². The Balaban J connectivity index is 1.80. The van der Waals surface area contributed by atoms with E-state index in [1.54, 1.807) is 6.20 Å². The van der Waals surface area contributed by atoms with Crippen LogP contribution in [0, 0.1) is 6.92 Å². The normalized spacial score (nSPS) is 18.2. The average molecular weight is 316 g/mol. The van der Waals surface area contributed by atoms with Gasteiger partial charge < -0.3 is 5.32 Å². The maximum absolute atomic E-state index is 12.5. The van der Waals surface area contributed by atoms with Crippen molar-refractivity contribution in [1.29, 1.82) is 0 Å². The van der Waals surface area contributed by atoms with Gasteiger partial charge in [0.1, 0.15) is 6.04 Å². The van der Waals surface area contributed by atoms with Crippen molar-refractivity contribution in [2.24, 2.45) is 7.05 Å². The van der Waals surface area contributed by atoms with Crippen LogP contribution in [0.1, 0.15) is 37.0 Å². The number of carbonyl (C=O) groups is 1. The lowest BCUT2D eigenvalue weighted by atomic mass is 10.1. The van der Waals surface area contributed by atoms with Crippen LogP contribution in [0.5, 0.6) is 0 Å². The van der Waals surface area contributed by atoms with Crippen LogP contribution in [0.25, 0.3) is 0 Å². The van der Waals surface area contributed by atoms with E-state index in [9.17, 15) is 4.79 Å². The standard InChI is InChI=1S/C16H24N6O/c1-11(2)18-16(23)15-10-21(8-13-5-6-17-22(13)15)9-14-7-12(3)19-20(14)4/h5-7,11,15H,8-10H2,1-4H3,(H,18,23)/t15-/m0/s1. The zero-order valence-electron chi connectivity index (χ0n) is 14.2. The second-order valence-electron chi connectivity index (χ2n) is 6.52. The molecule has 7 heteroatoms. The number of fused-ring (bicyclic) bond motifs is 1. The Morgan fingerprint density at radius 3 is 2.91 bits per heavy atom. The fraction of sp³-hybridized carbons (Fsp3) is 0.562. The summed E-state index contributed by atoms with van der Waals surface area (Å²) in [6, 6.07) is 3.91. The summed E-state index contributed by atoms with van der Waals surface area (Å²) in [6.07, 6.45) is 1.77. The van der Waals surface area contributed by atoms with Crippen molar-refractivity contribution >= 4 is 5.91 Å². The number of aromatic nitrogens is 4. The number of aryl methyl sites for hydroxylation is 2. The highest BCUT2D eigenvalue weighted by Crippen LogP contribution is 2.22. The monoisotopic (exact) mass is 316 g/mol. The number of hydrogen-bond acceptors (Lipinski definition) is 4. The molecule has 1 aliphatic rings. The summed E-state index contributed by atoms with van der Waals surface area (Å²) in [5.41, 5.74) is 3.23. The SMILES string of the molecule is Cc1cc(CN2Cc3ccnn3[C@H](C(=O)NC(C)C)C2)n(C)n1. The average Bonchev–Trinajstić information content (AvgIpc) is 3.04. The molecule has 23 heavy (non-hydrogen) atoms. The van der Waals surface area contributed by atoms with E-state index in [1.165, 1.54) is 0 Å². The van der Waals surface area contributed by atoms with Crippen LogP contribution in [-0.2, 0) is 24.9 Å². The first-order chi connectivity index (χ1) is 10.9. The van der Waals surface area contributed by atoms with Gasteiger partial charge in [-0.25, -0.2) is 0 Å². The van der Waals surface area contributed by atoms with Gasteiger partial charge in [-0.3, -0.25) is 19.1 Å². The minimum atomic E-state index is -0.287. The molecular formula is C16H24N6O. The first kappa shape index (κ1) is 15.7. The van der Waals surface area contributed by atoms with Crippen LogP contribution >= 0.6 is 0 Å². The van der Waals surface area contributed by atoms with Crippen LogP contribution in [-0.4, -0.2) is 43.0 Å². The Morgan fingerprint density at radius 1 is 1.48 bits per heavy atom. The third kappa shape index (κ3) is 3.29. The molecular weight excluding hydrogens is 292 g/mol.